The second kappa shape index (κ2) is 8.00. The fourth-order valence-corrected chi connectivity index (χ4v) is 4.21. The zero-order valence-corrected chi connectivity index (χ0v) is 18.1. The van der Waals surface area contributed by atoms with Crippen LogP contribution in [-0.4, -0.2) is 63.0 Å². The van der Waals surface area contributed by atoms with E-state index in [4.69, 9.17) is 20.3 Å². The summed E-state index contributed by atoms with van der Waals surface area (Å²) in [7, 11) is 0. The molecule has 2 aliphatic rings. The van der Waals surface area contributed by atoms with Gasteiger partial charge >= 0.3 is 0 Å². The molecule has 1 aliphatic heterocycles. The van der Waals surface area contributed by atoms with Gasteiger partial charge in [-0.05, 0) is 41.8 Å². The maximum Gasteiger partial charge on any atom is 0.244 e. The Morgan fingerprint density at radius 2 is 1.88 bits per heavy atom. The molecule has 2 N–H and O–H groups in total. The van der Waals surface area contributed by atoms with E-state index in [9.17, 15) is 4.79 Å². The molecule has 1 saturated heterocycles. The van der Waals surface area contributed by atoms with E-state index in [1.165, 1.54) is 6.33 Å². The van der Waals surface area contributed by atoms with Crippen molar-refractivity contribution in [3.8, 4) is 17.0 Å². The number of fused-ring (bicyclic) bond motifs is 2. The third-order valence-corrected chi connectivity index (χ3v) is 6.12. The van der Waals surface area contributed by atoms with Gasteiger partial charge in [-0.15, -0.1) is 0 Å². The molecule has 1 aliphatic carbocycles. The molecule has 0 radical (unpaired) electrons. The molecule has 1 amide bonds. The second-order valence-electron chi connectivity index (χ2n) is 8.50. The highest BCUT2D eigenvalue weighted by Crippen LogP contribution is 2.34. The van der Waals surface area contributed by atoms with Crippen LogP contribution in [0.15, 0.2) is 42.7 Å². The average molecular weight is 444 g/mol. The summed E-state index contributed by atoms with van der Waals surface area (Å²) in [4.78, 5) is 23.2. The summed E-state index contributed by atoms with van der Waals surface area (Å²) < 4.78 is 12.9. The summed E-state index contributed by atoms with van der Waals surface area (Å²) >= 11 is 0. The SMILES string of the molecule is Nc1ncnc2c1c(-c1ccc3cc(OC4CC4)ccc3c1)nn2CC(=O)N1CCOCC1. The maximum atomic E-state index is 12.9. The van der Waals surface area contributed by atoms with Crippen molar-refractivity contribution in [3.05, 3.63) is 42.7 Å². The van der Waals surface area contributed by atoms with Crippen LogP contribution in [0.4, 0.5) is 5.82 Å². The number of nitrogens with two attached hydrogens (primary N) is 1. The average Bonchev–Trinajstić information content (AvgIpc) is 3.58. The number of morpholine rings is 1. The Hall–Kier alpha value is -3.72. The van der Waals surface area contributed by atoms with E-state index >= 15 is 0 Å². The number of aromatic nitrogens is 4. The molecule has 9 nitrogen and oxygen atoms in total. The van der Waals surface area contributed by atoms with E-state index in [0.29, 0.717) is 55.0 Å². The lowest BCUT2D eigenvalue weighted by molar-refractivity contribution is -0.136. The molecule has 6 rings (SSSR count). The number of amides is 1. The third kappa shape index (κ3) is 3.84. The summed E-state index contributed by atoms with van der Waals surface area (Å²) in [6.45, 7) is 2.35. The van der Waals surface area contributed by atoms with Crippen LogP contribution in [0.1, 0.15) is 12.8 Å². The van der Waals surface area contributed by atoms with Crippen LogP contribution in [0.2, 0.25) is 0 Å². The van der Waals surface area contributed by atoms with E-state index in [-0.39, 0.29) is 12.5 Å². The van der Waals surface area contributed by atoms with Gasteiger partial charge < -0.3 is 20.1 Å². The van der Waals surface area contributed by atoms with Crippen molar-refractivity contribution in [1.82, 2.24) is 24.6 Å². The Bertz CT molecular complexity index is 1360. The zero-order valence-electron chi connectivity index (χ0n) is 18.1. The number of carbonyl (C=O) groups is 1. The minimum absolute atomic E-state index is 0.0202. The summed E-state index contributed by atoms with van der Waals surface area (Å²) in [6, 6.07) is 12.2. The van der Waals surface area contributed by atoms with Crippen molar-refractivity contribution in [3.63, 3.8) is 0 Å². The quantitative estimate of drug-likeness (QED) is 0.504. The number of benzene rings is 2. The zero-order chi connectivity index (χ0) is 22.4. The van der Waals surface area contributed by atoms with Crippen molar-refractivity contribution in [2.75, 3.05) is 32.0 Å². The molecule has 0 unspecified atom stereocenters. The summed E-state index contributed by atoms with van der Waals surface area (Å²) in [5.41, 5.74) is 8.34. The Morgan fingerprint density at radius 3 is 2.70 bits per heavy atom. The van der Waals surface area contributed by atoms with Crippen LogP contribution in [0.3, 0.4) is 0 Å². The van der Waals surface area contributed by atoms with E-state index in [1.807, 2.05) is 18.2 Å². The topological polar surface area (TPSA) is 108 Å². The van der Waals surface area contributed by atoms with Crippen LogP contribution in [0.25, 0.3) is 33.1 Å². The standard InChI is InChI=1S/C24H24N6O3/c25-23-21-22(17-2-1-16-12-19(33-18-5-6-18)4-3-15(16)11-17)28-30(24(21)27-14-26-23)13-20(31)29-7-9-32-10-8-29/h1-4,11-12,14,18H,5-10,13H2,(H2,25,26,27). The van der Waals surface area contributed by atoms with Crippen LogP contribution >= 0.6 is 0 Å². The Morgan fingerprint density at radius 1 is 1.09 bits per heavy atom. The molecule has 0 spiro atoms. The predicted molar refractivity (Wildman–Crippen MR) is 124 cm³/mol. The third-order valence-electron chi connectivity index (χ3n) is 6.12. The maximum absolute atomic E-state index is 12.9. The Kier molecular flexibility index (Phi) is 4.83. The lowest BCUT2D eigenvalue weighted by atomic mass is 10.0. The van der Waals surface area contributed by atoms with Gasteiger partial charge in [-0.25, -0.2) is 14.6 Å². The molecule has 0 atom stereocenters. The molecule has 2 fully saturated rings. The molecule has 4 aromatic rings. The predicted octanol–water partition coefficient (Wildman–Crippen LogP) is 2.63. The van der Waals surface area contributed by atoms with E-state index in [2.05, 4.69) is 28.2 Å². The molecule has 0 bridgehead atoms. The van der Waals surface area contributed by atoms with Gasteiger partial charge in [0.1, 0.15) is 30.1 Å². The number of hydrogen-bond acceptors (Lipinski definition) is 7. The first kappa shape index (κ1) is 19.9. The molecule has 168 valence electrons. The van der Waals surface area contributed by atoms with Crippen molar-refractivity contribution < 1.29 is 14.3 Å². The van der Waals surface area contributed by atoms with Crippen molar-refractivity contribution >= 4 is 33.5 Å². The highest BCUT2D eigenvalue weighted by molar-refractivity contribution is 6.00. The van der Waals surface area contributed by atoms with Crippen LogP contribution < -0.4 is 10.5 Å². The van der Waals surface area contributed by atoms with Gasteiger partial charge in [-0.2, -0.15) is 5.10 Å². The number of carbonyl (C=O) groups excluding carboxylic acids is 1. The number of ether oxygens (including phenoxy) is 2. The van der Waals surface area contributed by atoms with Gasteiger partial charge in [0.05, 0.1) is 24.7 Å². The van der Waals surface area contributed by atoms with Crippen LogP contribution in [0.5, 0.6) is 5.75 Å². The van der Waals surface area contributed by atoms with E-state index < -0.39 is 0 Å². The number of anilines is 1. The molecular weight excluding hydrogens is 420 g/mol. The monoisotopic (exact) mass is 444 g/mol. The van der Waals surface area contributed by atoms with Gasteiger partial charge in [0, 0.05) is 18.7 Å². The number of nitrogens with zero attached hydrogens (tertiary/aromatic N) is 5. The minimum atomic E-state index is -0.0202. The number of nitrogen functional groups attached to an aromatic ring is 1. The highest BCUT2D eigenvalue weighted by Gasteiger charge is 2.24. The minimum Gasteiger partial charge on any atom is -0.490 e. The molecular formula is C24H24N6O3. The molecule has 33 heavy (non-hydrogen) atoms. The first-order chi connectivity index (χ1) is 16.2. The summed E-state index contributed by atoms with van der Waals surface area (Å²) in [5.74, 6) is 1.22. The fourth-order valence-electron chi connectivity index (χ4n) is 4.21. The molecule has 3 heterocycles. The molecule has 2 aromatic carbocycles. The van der Waals surface area contributed by atoms with Crippen molar-refractivity contribution in [1.29, 1.82) is 0 Å². The van der Waals surface area contributed by atoms with Gasteiger partial charge in [0.2, 0.25) is 5.91 Å². The number of hydrogen-bond donors (Lipinski definition) is 1. The Labute approximate surface area is 190 Å². The smallest absolute Gasteiger partial charge is 0.244 e. The fraction of sp³-hybridized carbons (Fsp3) is 0.333. The largest absolute Gasteiger partial charge is 0.490 e. The van der Waals surface area contributed by atoms with Gasteiger partial charge in [0.25, 0.3) is 0 Å². The molecule has 2 aromatic heterocycles. The van der Waals surface area contributed by atoms with Crippen LogP contribution in [-0.2, 0) is 16.1 Å². The number of rotatable bonds is 5. The van der Waals surface area contributed by atoms with Crippen molar-refractivity contribution in [2.24, 2.45) is 0 Å². The van der Waals surface area contributed by atoms with Gasteiger partial charge in [-0.3, -0.25) is 4.79 Å². The first-order valence-electron chi connectivity index (χ1n) is 11.2. The molecule has 9 heteroatoms. The summed E-state index contributed by atoms with van der Waals surface area (Å²) in [6.07, 6.45) is 4.02. The van der Waals surface area contributed by atoms with Crippen LogP contribution in [0, 0.1) is 0 Å². The van der Waals surface area contributed by atoms with E-state index in [0.717, 1.165) is 34.9 Å². The van der Waals surface area contributed by atoms with Crippen molar-refractivity contribution in [2.45, 2.75) is 25.5 Å². The second-order valence-corrected chi connectivity index (χ2v) is 8.50. The highest BCUT2D eigenvalue weighted by atomic mass is 16.5. The normalized spacial score (nSPS) is 16.4. The van der Waals surface area contributed by atoms with Gasteiger partial charge in [-0.1, -0.05) is 18.2 Å². The summed E-state index contributed by atoms with van der Waals surface area (Å²) in [5, 5.41) is 7.57. The lowest BCUT2D eigenvalue weighted by Crippen LogP contribution is -2.42. The lowest BCUT2D eigenvalue weighted by Gasteiger charge is -2.26. The van der Waals surface area contributed by atoms with E-state index in [1.54, 1.807) is 9.58 Å². The van der Waals surface area contributed by atoms with Gasteiger partial charge in [0.15, 0.2) is 5.65 Å². The Balaban J connectivity index is 1.37. The molecule has 1 saturated carbocycles. The first-order valence-corrected chi connectivity index (χ1v) is 11.2.